The second-order valence-corrected chi connectivity index (χ2v) is 2.72. The molecular formula is C11H17N3. The standard InChI is InChI=1S/C11H17N3/c1-3-4-6-10(2)7-5-8-14-9-11(12)13/h3-9H,12-13H2,1-2H3/b4-3-,7-5+,10-6+,14-8?. The van der Waals surface area contributed by atoms with Crippen molar-refractivity contribution < 1.29 is 0 Å². The molecule has 76 valence electrons. The maximum absolute atomic E-state index is 5.18. The Morgan fingerprint density at radius 2 is 1.93 bits per heavy atom. The Morgan fingerprint density at radius 3 is 2.50 bits per heavy atom. The molecule has 0 radical (unpaired) electrons. The van der Waals surface area contributed by atoms with Crippen LogP contribution in [0.5, 0.6) is 0 Å². The van der Waals surface area contributed by atoms with Gasteiger partial charge in [-0.2, -0.15) is 0 Å². The van der Waals surface area contributed by atoms with Crippen LogP contribution >= 0.6 is 0 Å². The normalized spacial score (nSPS) is 13.1. The molecule has 0 heterocycles. The highest BCUT2D eigenvalue weighted by Crippen LogP contribution is 1.94. The van der Waals surface area contributed by atoms with Crippen LogP contribution in [0.4, 0.5) is 0 Å². The minimum absolute atomic E-state index is 0.204. The van der Waals surface area contributed by atoms with Crippen molar-refractivity contribution in [3.8, 4) is 0 Å². The average Bonchev–Trinajstić information content (AvgIpc) is 2.13. The van der Waals surface area contributed by atoms with E-state index in [0.29, 0.717) is 0 Å². The van der Waals surface area contributed by atoms with Crippen molar-refractivity contribution in [3.05, 3.63) is 48.0 Å². The van der Waals surface area contributed by atoms with Crippen LogP contribution in [0.1, 0.15) is 13.8 Å². The summed E-state index contributed by atoms with van der Waals surface area (Å²) in [6, 6.07) is 0. The molecule has 3 nitrogen and oxygen atoms in total. The zero-order chi connectivity index (χ0) is 10.8. The predicted molar refractivity (Wildman–Crippen MR) is 62.7 cm³/mol. The van der Waals surface area contributed by atoms with Crippen molar-refractivity contribution in [1.29, 1.82) is 0 Å². The lowest BCUT2D eigenvalue weighted by Gasteiger charge is -1.85. The molecule has 0 fully saturated rings. The quantitative estimate of drug-likeness (QED) is 0.526. The van der Waals surface area contributed by atoms with E-state index in [1.165, 1.54) is 6.20 Å². The van der Waals surface area contributed by atoms with Crippen LogP contribution in [0.25, 0.3) is 0 Å². The van der Waals surface area contributed by atoms with Gasteiger partial charge in [0.2, 0.25) is 0 Å². The molecular weight excluding hydrogens is 174 g/mol. The topological polar surface area (TPSA) is 64.4 Å². The van der Waals surface area contributed by atoms with Gasteiger partial charge >= 0.3 is 0 Å². The molecule has 0 aliphatic rings. The SMILES string of the molecule is C\C=C/C=C(C)/C=C/C=NC=C(N)N. The summed E-state index contributed by atoms with van der Waals surface area (Å²) in [5.74, 6) is 0.204. The highest BCUT2D eigenvalue weighted by molar-refractivity contribution is 5.72. The Bertz CT molecular complexity index is 290. The molecule has 0 spiro atoms. The first-order chi connectivity index (χ1) is 6.66. The molecule has 0 amide bonds. The second-order valence-electron chi connectivity index (χ2n) is 2.72. The van der Waals surface area contributed by atoms with Gasteiger partial charge in [-0.1, -0.05) is 29.9 Å². The number of rotatable bonds is 4. The Kier molecular flexibility index (Phi) is 6.86. The van der Waals surface area contributed by atoms with Crippen molar-refractivity contribution in [2.75, 3.05) is 0 Å². The fourth-order valence-electron chi connectivity index (χ4n) is 0.677. The summed E-state index contributed by atoms with van der Waals surface area (Å²) in [4.78, 5) is 3.85. The molecule has 3 heteroatoms. The summed E-state index contributed by atoms with van der Waals surface area (Å²) in [7, 11) is 0. The summed E-state index contributed by atoms with van der Waals surface area (Å²) in [6.45, 7) is 3.99. The van der Waals surface area contributed by atoms with E-state index < -0.39 is 0 Å². The van der Waals surface area contributed by atoms with Gasteiger partial charge in [-0.3, -0.25) is 4.99 Å². The van der Waals surface area contributed by atoms with E-state index in [2.05, 4.69) is 4.99 Å². The fourth-order valence-corrected chi connectivity index (χ4v) is 0.677. The van der Waals surface area contributed by atoms with E-state index in [0.717, 1.165) is 5.57 Å². The third-order valence-electron chi connectivity index (χ3n) is 1.31. The number of nitrogens with zero attached hydrogens (tertiary/aromatic N) is 1. The number of hydrogen-bond acceptors (Lipinski definition) is 3. The first kappa shape index (κ1) is 12.2. The van der Waals surface area contributed by atoms with Crippen LogP contribution in [0, 0.1) is 0 Å². The van der Waals surface area contributed by atoms with Crippen LogP contribution in [0.3, 0.4) is 0 Å². The van der Waals surface area contributed by atoms with Gasteiger partial charge in [0, 0.05) is 6.21 Å². The zero-order valence-electron chi connectivity index (χ0n) is 8.64. The summed E-state index contributed by atoms with van der Waals surface area (Å²) in [5, 5.41) is 0. The molecule has 0 unspecified atom stereocenters. The van der Waals surface area contributed by atoms with Gasteiger partial charge in [-0.25, -0.2) is 0 Å². The third kappa shape index (κ3) is 8.33. The highest BCUT2D eigenvalue weighted by Gasteiger charge is 1.75. The lowest BCUT2D eigenvalue weighted by atomic mass is 10.2. The monoisotopic (exact) mass is 191 g/mol. The van der Waals surface area contributed by atoms with Crippen LogP contribution < -0.4 is 11.5 Å². The Balaban J connectivity index is 4.06. The summed E-state index contributed by atoms with van der Waals surface area (Å²) in [6.07, 6.45) is 12.8. The number of allylic oxidation sites excluding steroid dienone is 6. The van der Waals surface area contributed by atoms with E-state index >= 15 is 0 Å². The van der Waals surface area contributed by atoms with Gasteiger partial charge in [-0.15, -0.1) is 0 Å². The van der Waals surface area contributed by atoms with Crippen LogP contribution in [0.15, 0.2) is 53.0 Å². The minimum Gasteiger partial charge on any atom is -0.384 e. The molecule has 0 atom stereocenters. The molecule has 0 saturated carbocycles. The maximum atomic E-state index is 5.18. The van der Waals surface area contributed by atoms with Crippen molar-refractivity contribution in [2.24, 2.45) is 16.5 Å². The van der Waals surface area contributed by atoms with E-state index in [9.17, 15) is 0 Å². The van der Waals surface area contributed by atoms with Gasteiger partial charge in [0.15, 0.2) is 0 Å². The molecule has 0 saturated heterocycles. The lowest BCUT2D eigenvalue weighted by molar-refractivity contribution is 1.22. The van der Waals surface area contributed by atoms with Crippen molar-refractivity contribution in [3.63, 3.8) is 0 Å². The molecule has 0 aromatic rings. The van der Waals surface area contributed by atoms with E-state index in [-0.39, 0.29) is 5.82 Å². The summed E-state index contributed by atoms with van der Waals surface area (Å²) >= 11 is 0. The molecule has 0 bridgehead atoms. The Hall–Kier alpha value is -1.77. The van der Waals surface area contributed by atoms with Gasteiger partial charge in [0.1, 0.15) is 5.82 Å². The zero-order valence-corrected chi connectivity index (χ0v) is 8.64. The van der Waals surface area contributed by atoms with E-state index in [1.807, 2.05) is 44.2 Å². The first-order valence-electron chi connectivity index (χ1n) is 4.37. The van der Waals surface area contributed by atoms with Crippen molar-refractivity contribution >= 4 is 6.21 Å². The van der Waals surface area contributed by atoms with Crippen molar-refractivity contribution in [1.82, 2.24) is 0 Å². The molecule has 0 aromatic heterocycles. The Labute approximate surface area is 85.2 Å². The second kappa shape index (κ2) is 7.86. The van der Waals surface area contributed by atoms with Gasteiger partial charge in [0.25, 0.3) is 0 Å². The van der Waals surface area contributed by atoms with Crippen LogP contribution in [0.2, 0.25) is 0 Å². The molecule has 0 aliphatic heterocycles. The third-order valence-corrected chi connectivity index (χ3v) is 1.31. The van der Waals surface area contributed by atoms with Gasteiger partial charge in [-0.05, 0) is 19.9 Å². The molecule has 4 N–H and O–H groups in total. The summed E-state index contributed by atoms with van der Waals surface area (Å²) < 4.78 is 0. The van der Waals surface area contributed by atoms with E-state index in [4.69, 9.17) is 11.5 Å². The molecule has 0 aromatic carbocycles. The predicted octanol–water partition coefficient (Wildman–Crippen LogP) is 1.85. The smallest absolute Gasteiger partial charge is 0.112 e. The van der Waals surface area contributed by atoms with Crippen LogP contribution in [-0.2, 0) is 0 Å². The van der Waals surface area contributed by atoms with Gasteiger partial charge < -0.3 is 11.5 Å². The number of hydrogen-bond donors (Lipinski definition) is 2. The minimum atomic E-state index is 0.204. The first-order valence-corrected chi connectivity index (χ1v) is 4.37. The number of aliphatic imine (C=N–C) groups is 1. The molecule has 0 aliphatic carbocycles. The maximum Gasteiger partial charge on any atom is 0.112 e. The summed E-state index contributed by atoms with van der Waals surface area (Å²) in [5.41, 5.74) is 11.5. The molecule has 0 rings (SSSR count). The fraction of sp³-hybridized carbons (Fsp3) is 0.182. The van der Waals surface area contributed by atoms with Gasteiger partial charge in [0.05, 0.1) is 6.20 Å². The lowest BCUT2D eigenvalue weighted by Crippen LogP contribution is -2.06. The largest absolute Gasteiger partial charge is 0.384 e. The Morgan fingerprint density at radius 1 is 1.21 bits per heavy atom. The number of nitrogens with two attached hydrogens (primary N) is 2. The highest BCUT2D eigenvalue weighted by atomic mass is 14.8. The van der Waals surface area contributed by atoms with E-state index in [1.54, 1.807) is 6.21 Å². The van der Waals surface area contributed by atoms with Crippen LogP contribution in [-0.4, -0.2) is 6.21 Å². The van der Waals surface area contributed by atoms with Crippen molar-refractivity contribution in [2.45, 2.75) is 13.8 Å². The molecule has 14 heavy (non-hydrogen) atoms. The average molecular weight is 191 g/mol.